The molecule has 0 amide bonds. The van der Waals surface area contributed by atoms with E-state index in [2.05, 4.69) is 31.0 Å². The van der Waals surface area contributed by atoms with Crippen LogP contribution in [0.15, 0.2) is 17.1 Å². The molecular weight excluding hydrogens is 282 g/mol. The molecule has 2 heteroatoms. The maximum Gasteiger partial charge on any atom is 0.183 e. The molecule has 1 heterocycles. The molecule has 0 spiro atoms. The molecule has 0 aromatic heterocycles. The fourth-order valence-electron chi connectivity index (χ4n) is 3.02. The summed E-state index contributed by atoms with van der Waals surface area (Å²) in [5.41, 5.74) is 0. The molecule has 0 fully saturated rings. The Labute approximate surface area is 144 Å². The summed E-state index contributed by atoms with van der Waals surface area (Å²) in [7, 11) is 0. The minimum absolute atomic E-state index is 0.313. The molecule has 0 radical (unpaired) electrons. The van der Waals surface area contributed by atoms with Crippen molar-refractivity contribution in [1.82, 2.24) is 0 Å². The summed E-state index contributed by atoms with van der Waals surface area (Å²) in [6.07, 6.45) is 23.7. The lowest BCUT2D eigenvalue weighted by atomic mass is 10.1. The van der Waals surface area contributed by atoms with Gasteiger partial charge in [0.15, 0.2) is 5.90 Å². The monoisotopic (exact) mass is 321 g/mol. The smallest absolute Gasteiger partial charge is 0.183 e. The number of rotatable bonds is 15. The van der Waals surface area contributed by atoms with E-state index >= 15 is 0 Å². The van der Waals surface area contributed by atoms with Gasteiger partial charge in [-0.1, -0.05) is 70.4 Å². The summed E-state index contributed by atoms with van der Waals surface area (Å²) in [5.74, 6) is 0.995. The third kappa shape index (κ3) is 12.3. The first-order chi connectivity index (χ1) is 11.3. The fourth-order valence-corrected chi connectivity index (χ4v) is 3.02. The molecule has 2 nitrogen and oxygen atoms in total. The molecule has 134 valence electrons. The molecule has 1 aliphatic rings. The van der Waals surface area contributed by atoms with E-state index in [4.69, 9.17) is 4.74 Å². The molecule has 1 unspecified atom stereocenters. The lowest BCUT2D eigenvalue weighted by Crippen LogP contribution is -2.07. The molecule has 0 saturated heterocycles. The SMILES string of the molecule is CCCCCCCCC=CCCCCCCCC1=NCC(C)O1. The van der Waals surface area contributed by atoms with Crippen LogP contribution in [0.3, 0.4) is 0 Å². The average Bonchev–Trinajstić information content (AvgIpc) is 2.96. The minimum atomic E-state index is 0.313. The molecule has 0 N–H and O–H groups in total. The number of nitrogens with zero attached hydrogens (tertiary/aromatic N) is 1. The van der Waals surface area contributed by atoms with Crippen LogP contribution in [0.1, 0.15) is 104 Å². The molecule has 1 rings (SSSR count). The lowest BCUT2D eigenvalue weighted by molar-refractivity contribution is 0.238. The van der Waals surface area contributed by atoms with Gasteiger partial charge in [-0.2, -0.15) is 0 Å². The van der Waals surface area contributed by atoms with E-state index in [1.165, 1.54) is 83.5 Å². The number of aliphatic imine (C=N–C) groups is 1. The van der Waals surface area contributed by atoms with E-state index in [0.29, 0.717) is 6.10 Å². The van der Waals surface area contributed by atoms with E-state index in [1.54, 1.807) is 0 Å². The predicted molar refractivity (Wildman–Crippen MR) is 102 cm³/mol. The Morgan fingerprint density at radius 3 is 2.00 bits per heavy atom. The van der Waals surface area contributed by atoms with Crippen molar-refractivity contribution in [2.75, 3.05) is 6.54 Å². The third-order valence-corrected chi connectivity index (χ3v) is 4.51. The van der Waals surface area contributed by atoms with Crippen molar-refractivity contribution in [3.63, 3.8) is 0 Å². The highest BCUT2D eigenvalue weighted by molar-refractivity contribution is 5.77. The molecule has 0 aromatic carbocycles. The molecule has 1 atom stereocenters. The first-order valence-corrected chi connectivity index (χ1v) is 10.2. The zero-order valence-electron chi connectivity index (χ0n) is 15.7. The largest absolute Gasteiger partial charge is 0.476 e. The van der Waals surface area contributed by atoms with Crippen molar-refractivity contribution in [2.24, 2.45) is 4.99 Å². The van der Waals surface area contributed by atoms with Gasteiger partial charge in [0.2, 0.25) is 0 Å². The summed E-state index contributed by atoms with van der Waals surface area (Å²) in [4.78, 5) is 4.41. The third-order valence-electron chi connectivity index (χ3n) is 4.51. The maximum absolute atomic E-state index is 5.62. The number of allylic oxidation sites excluding steroid dienone is 2. The second kappa shape index (κ2) is 14.8. The number of unbranched alkanes of at least 4 members (excludes halogenated alkanes) is 11. The topological polar surface area (TPSA) is 21.6 Å². The number of hydrogen-bond donors (Lipinski definition) is 0. The first kappa shape index (κ1) is 20.3. The Balaban J connectivity index is 1.75. The Morgan fingerprint density at radius 2 is 1.43 bits per heavy atom. The van der Waals surface area contributed by atoms with Gasteiger partial charge in [-0.15, -0.1) is 0 Å². The van der Waals surface area contributed by atoms with Crippen molar-refractivity contribution in [2.45, 2.75) is 110 Å². The summed E-state index contributed by atoms with van der Waals surface area (Å²) in [6.45, 7) is 5.24. The van der Waals surface area contributed by atoms with Crippen LogP contribution in [0, 0.1) is 0 Å². The zero-order chi connectivity index (χ0) is 16.6. The standard InChI is InChI=1S/C21H39NO/c1-3-4-5-6-7-8-9-10-11-12-13-14-15-16-17-18-21-22-19-20(2)23-21/h10-11,20H,3-9,12-19H2,1-2H3. The molecular formula is C21H39NO. The first-order valence-electron chi connectivity index (χ1n) is 10.2. The predicted octanol–water partition coefficient (Wildman–Crippen LogP) is 6.84. The minimum Gasteiger partial charge on any atom is -0.476 e. The van der Waals surface area contributed by atoms with Gasteiger partial charge >= 0.3 is 0 Å². The van der Waals surface area contributed by atoms with Gasteiger partial charge in [-0.25, -0.2) is 0 Å². The van der Waals surface area contributed by atoms with E-state index in [-0.39, 0.29) is 0 Å². The lowest BCUT2D eigenvalue weighted by Gasteiger charge is -2.05. The highest BCUT2D eigenvalue weighted by atomic mass is 16.5. The van der Waals surface area contributed by atoms with E-state index in [1.807, 2.05) is 0 Å². The summed E-state index contributed by atoms with van der Waals surface area (Å²) in [6, 6.07) is 0. The number of hydrogen-bond acceptors (Lipinski definition) is 2. The van der Waals surface area contributed by atoms with Gasteiger partial charge in [-0.05, 0) is 39.0 Å². The van der Waals surface area contributed by atoms with Crippen LogP contribution in [0.5, 0.6) is 0 Å². The van der Waals surface area contributed by atoms with Crippen LogP contribution in [-0.2, 0) is 4.74 Å². The van der Waals surface area contributed by atoms with E-state index < -0.39 is 0 Å². The van der Waals surface area contributed by atoms with Crippen molar-refractivity contribution in [1.29, 1.82) is 0 Å². The molecule has 0 saturated carbocycles. The van der Waals surface area contributed by atoms with Gasteiger partial charge in [0.1, 0.15) is 6.10 Å². The highest BCUT2D eigenvalue weighted by Crippen LogP contribution is 2.13. The highest BCUT2D eigenvalue weighted by Gasteiger charge is 2.13. The second-order valence-electron chi connectivity index (χ2n) is 7.00. The summed E-state index contributed by atoms with van der Waals surface area (Å²) < 4.78 is 5.62. The van der Waals surface area contributed by atoms with Gasteiger partial charge in [0.25, 0.3) is 0 Å². The van der Waals surface area contributed by atoms with Crippen molar-refractivity contribution >= 4 is 5.90 Å². The van der Waals surface area contributed by atoms with Gasteiger partial charge in [0.05, 0.1) is 6.54 Å². The van der Waals surface area contributed by atoms with E-state index in [0.717, 1.165) is 18.9 Å². The maximum atomic E-state index is 5.62. The number of ether oxygens (including phenoxy) is 1. The quantitative estimate of drug-likeness (QED) is 0.239. The Kier molecular flexibility index (Phi) is 13.0. The van der Waals surface area contributed by atoms with Gasteiger partial charge < -0.3 is 4.74 Å². The average molecular weight is 322 g/mol. The van der Waals surface area contributed by atoms with Crippen molar-refractivity contribution in [3.8, 4) is 0 Å². The van der Waals surface area contributed by atoms with Crippen LogP contribution in [0.25, 0.3) is 0 Å². The Hall–Kier alpha value is -0.790. The Morgan fingerprint density at radius 1 is 0.870 bits per heavy atom. The second-order valence-corrected chi connectivity index (χ2v) is 7.00. The summed E-state index contributed by atoms with van der Waals surface area (Å²) >= 11 is 0. The van der Waals surface area contributed by atoms with Crippen LogP contribution in [0.2, 0.25) is 0 Å². The zero-order valence-corrected chi connectivity index (χ0v) is 15.7. The summed E-state index contributed by atoms with van der Waals surface area (Å²) in [5, 5.41) is 0. The molecule has 0 aromatic rings. The van der Waals surface area contributed by atoms with E-state index in [9.17, 15) is 0 Å². The van der Waals surface area contributed by atoms with Crippen LogP contribution < -0.4 is 0 Å². The van der Waals surface area contributed by atoms with Crippen LogP contribution >= 0.6 is 0 Å². The normalized spacial score (nSPS) is 17.7. The molecule has 0 aliphatic carbocycles. The van der Waals surface area contributed by atoms with Crippen molar-refractivity contribution < 1.29 is 4.74 Å². The molecule has 1 aliphatic heterocycles. The Bertz CT molecular complexity index is 322. The molecule has 23 heavy (non-hydrogen) atoms. The van der Waals surface area contributed by atoms with Crippen LogP contribution in [0.4, 0.5) is 0 Å². The van der Waals surface area contributed by atoms with Crippen molar-refractivity contribution in [3.05, 3.63) is 12.2 Å². The van der Waals surface area contributed by atoms with Gasteiger partial charge in [-0.3, -0.25) is 4.99 Å². The molecule has 0 bridgehead atoms. The van der Waals surface area contributed by atoms with Crippen LogP contribution in [-0.4, -0.2) is 18.5 Å². The fraction of sp³-hybridized carbons (Fsp3) is 0.857. The van der Waals surface area contributed by atoms with Gasteiger partial charge in [0, 0.05) is 6.42 Å².